The second kappa shape index (κ2) is 21.6. The molecule has 0 radical (unpaired) electrons. The summed E-state index contributed by atoms with van der Waals surface area (Å²) >= 11 is 0. The highest BCUT2D eigenvalue weighted by atomic mass is 16.1. The molecule has 2 aliphatic carbocycles. The van der Waals surface area contributed by atoms with Gasteiger partial charge in [0.1, 0.15) is 5.78 Å². The minimum absolute atomic E-state index is 0.509. The van der Waals surface area contributed by atoms with Crippen LogP contribution in [0.15, 0.2) is 97.1 Å². The van der Waals surface area contributed by atoms with E-state index in [-0.39, 0.29) is 0 Å². The number of ketones is 1. The molecule has 0 aliphatic heterocycles. The van der Waals surface area contributed by atoms with Gasteiger partial charge in [-0.15, -0.1) is 0 Å². The zero-order valence-electron chi connectivity index (χ0n) is 34.0. The first-order valence-electron chi connectivity index (χ1n) is 22.5. The maximum absolute atomic E-state index is 12.6. The minimum atomic E-state index is 0.509. The van der Waals surface area contributed by atoms with Gasteiger partial charge >= 0.3 is 0 Å². The smallest absolute Gasteiger partial charge is 0.132 e. The number of unbranched alkanes of at least 4 members (excludes halogenated alkanes) is 4. The van der Waals surface area contributed by atoms with Crippen LogP contribution >= 0.6 is 0 Å². The van der Waals surface area contributed by atoms with E-state index in [4.69, 9.17) is 0 Å². The Bertz CT molecular complexity index is 1500. The molecule has 6 rings (SSSR count). The number of benzene rings is 4. The van der Waals surface area contributed by atoms with Gasteiger partial charge in [-0.1, -0.05) is 162 Å². The van der Waals surface area contributed by atoms with Crippen LogP contribution in [0.3, 0.4) is 0 Å². The summed E-state index contributed by atoms with van der Waals surface area (Å²) in [5.74, 6) is 3.74. The van der Waals surface area contributed by atoms with E-state index in [1.165, 1.54) is 147 Å². The largest absolute Gasteiger partial charge is 0.300 e. The van der Waals surface area contributed by atoms with Gasteiger partial charge in [-0.25, -0.2) is 0 Å². The Kier molecular flexibility index (Phi) is 16.1. The third-order valence-corrected chi connectivity index (χ3v) is 13.2. The third-order valence-electron chi connectivity index (χ3n) is 13.2. The lowest BCUT2D eigenvalue weighted by molar-refractivity contribution is -0.119. The van der Waals surface area contributed by atoms with Crippen LogP contribution in [0.2, 0.25) is 0 Å². The molecule has 4 aromatic rings. The quantitative estimate of drug-likeness (QED) is 0.0830. The van der Waals surface area contributed by atoms with Gasteiger partial charge in [-0.3, -0.25) is 4.79 Å². The van der Waals surface area contributed by atoms with E-state index in [0.29, 0.717) is 5.78 Å². The van der Waals surface area contributed by atoms with E-state index in [0.717, 1.165) is 62.2 Å². The molecule has 0 atom stereocenters. The summed E-state index contributed by atoms with van der Waals surface area (Å²) in [6, 6.07) is 37.1. The van der Waals surface area contributed by atoms with Crippen LogP contribution < -0.4 is 0 Å². The summed E-state index contributed by atoms with van der Waals surface area (Å²) in [4.78, 5) is 12.6. The minimum Gasteiger partial charge on any atom is -0.300 e. The summed E-state index contributed by atoms with van der Waals surface area (Å²) in [6.07, 6.45) is 27.1. The highest BCUT2D eigenvalue weighted by Crippen LogP contribution is 2.40. The van der Waals surface area contributed by atoms with E-state index in [1.54, 1.807) is 0 Å². The molecule has 0 bridgehead atoms. The van der Waals surface area contributed by atoms with Gasteiger partial charge in [0.05, 0.1) is 0 Å². The molecule has 288 valence electrons. The monoisotopic (exact) mass is 723 g/mol. The van der Waals surface area contributed by atoms with Crippen molar-refractivity contribution in [2.45, 2.75) is 167 Å². The highest BCUT2D eigenvalue weighted by Gasteiger charge is 2.23. The van der Waals surface area contributed by atoms with Crippen LogP contribution in [0.4, 0.5) is 0 Å². The predicted octanol–water partition coefficient (Wildman–Crippen LogP) is 15.6. The molecule has 54 heavy (non-hydrogen) atoms. The van der Waals surface area contributed by atoms with E-state index < -0.39 is 0 Å². The average Bonchev–Trinajstić information content (AvgIpc) is 3.22. The molecule has 1 heteroatoms. The summed E-state index contributed by atoms with van der Waals surface area (Å²) in [5.41, 5.74) is 11.3. The SMILES string of the molecule is CCCc1ccc(-c2ccc(C3CCC(CCCCCC(=O)CCCCC[C@H]4CC[C@H](c5ccc(-c6ccc(CCC)cc6)cc5)CC4)CC3)cc2)cc1. The number of hydrogen-bond acceptors (Lipinski definition) is 1. The molecule has 0 heterocycles. The van der Waals surface area contributed by atoms with E-state index in [1.807, 2.05) is 0 Å². The third kappa shape index (κ3) is 12.3. The van der Waals surface area contributed by atoms with Crippen LogP contribution in [0.1, 0.15) is 176 Å². The van der Waals surface area contributed by atoms with Crippen LogP contribution in [-0.4, -0.2) is 5.78 Å². The fourth-order valence-corrected chi connectivity index (χ4v) is 9.76. The molecular formula is C53H70O. The van der Waals surface area contributed by atoms with Gasteiger partial charge in [-0.05, 0) is 145 Å². The molecular weight excluding hydrogens is 653 g/mol. The van der Waals surface area contributed by atoms with Crippen LogP contribution in [0.5, 0.6) is 0 Å². The number of Topliss-reactive ketones (excluding diaryl/α,β-unsaturated/α-hetero) is 1. The van der Waals surface area contributed by atoms with Gasteiger partial charge in [0.2, 0.25) is 0 Å². The summed E-state index contributed by atoms with van der Waals surface area (Å²) in [7, 11) is 0. The molecule has 0 unspecified atom stereocenters. The highest BCUT2D eigenvalue weighted by molar-refractivity contribution is 5.78. The van der Waals surface area contributed by atoms with Gasteiger partial charge in [0.15, 0.2) is 0 Å². The number of carbonyl (C=O) groups excluding carboxylic acids is 1. The maximum Gasteiger partial charge on any atom is 0.132 e. The summed E-state index contributed by atoms with van der Waals surface area (Å²) in [5, 5.41) is 0. The standard InChI is InChI=1S/C53H70O/c1-3-11-41-17-25-45(26-18-41)49-33-37-51(38-34-49)47-29-21-43(22-30-47)13-7-5-9-15-53(54)16-10-6-8-14-44-23-31-48(32-24-44)52-39-35-50(36-40-52)46-27-19-42(12-4-2)20-28-46/h17-20,25-28,33-40,43-44,47-48H,3-16,21-24,29-32H2,1-2H3/t43-,44?,47-,48?. The van der Waals surface area contributed by atoms with Crippen LogP contribution in [0.25, 0.3) is 22.3 Å². The number of aryl methyl sites for hydroxylation is 2. The summed E-state index contributed by atoms with van der Waals surface area (Å²) < 4.78 is 0. The van der Waals surface area contributed by atoms with Crippen molar-refractivity contribution in [1.29, 1.82) is 0 Å². The molecule has 0 N–H and O–H groups in total. The Hall–Kier alpha value is -3.45. The fourth-order valence-electron chi connectivity index (χ4n) is 9.76. The Morgan fingerprint density at radius 2 is 0.759 bits per heavy atom. The lowest BCUT2D eigenvalue weighted by atomic mass is 9.77. The van der Waals surface area contributed by atoms with Crippen molar-refractivity contribution in [1.82, 2.24) is 0 Å². The molecule has 1 nitrogen and oxygen atoms in total. The number of carbonyl (C=O) groups is 1. The molecule has 0 saturated heterocycles. The zero-order chi connectivity index (χ0) is 37.4. The fraction of sp³-hybridized carbons (Fsp3) is 0.528. The molecule has 0 aromatic heterocycles. The zero-order valence-corrected chi connectivity index (χ0v) is 34.0. The maximum atomic E-state index is 12.6. The number of hydrogen-bond donors (Lipinski definition) is 0. The lowest BCUT2D eigenvalue weighted by Crippen LogP contribution is -2.13. The van der Waals surface area contributed by atoms with Gasteiger partial charge < -0.3 is 0 Å². The van der Waals surface area contributed by atoms with Crippen molar-refractivity contribution in [2.75, 3.05) is 0 Å². The first-order valence-corrected chi connectivity index (χ1v) is 22.5. The molecule has 2 fully saturated rings. The lowest BCUT2D eigenvalue weighted by Gasteiger charge is -2.29. The van der Waals surface area contributed by atoms with Gasteiger partial charge in [0, 0.05) is 12.8 Å². The number of rotatable bonds is 20. The molecule has 2 saturated carbocycles. The van der Waals surface area contributed by atoms with Gasteiger partial charge in [-0.2, -0.15) is 0 Å². The second-order valence-electron chi connectivity index (χ2n) is 17.3. The van der Waals surface area contributed by atoms with Crippen LogP contribution in [-0.2, 0) is 17.6 Å². The molecule has 0 amide bonds. The Morgan fingerprint density at radius 1 is 0.426 bits per heavy atom. The Labute approximate surface area is 329 Å². The topological polar surface area (TPSA) is 17.1 Å². The second-order valence-corrected chi connectivity index (χ2v) is 17.3. The molecule has 0 spiro atoms. The first-order chi connectivity index (χ1) is 26.6. The van der Waals surface area contributed by atoms with Crippen molar-refractivity contribution in [3.63, 3.8) is 0 Å². The molecule has 4 aromatic carbocycles. The first kappa shape index (κ1) is 40.2. The van der Waals surface area contributed by atoms with E-state index in [2.05, 4.69) is 111 Å². The Morgan fingerprint density at radius 3 is 1.09 bits per heavy atom. The van der Waals surface area contributed by atoms with Crippen LogP contribution in [0, 0.1) is 11.8 Å². The van der Waals surface area contributed by atoms with Crippen molar-refractivity contribution < 1.29 is 4.79 Å². The Balaban J connectivity index is 0.762. The van der Waals surface area contributed by atoms with Crippen molar-refractivity contribution >= 4 is 5.78 Å². The predicted molar refractivity (Wildman–Crippen MR) is 232 cm³/mol. The molecule has 2 aliphatic rings. The average molecular weight is 723 g/mol. The van der Waals surface area contributed by atoms with E-state index >= 15 is 0 Å². The van der Waals surface area contributed by atoms with Crippen molar-refractivity contribution in [3.05, 3.63) is 119 Å². The van der Waals surface area contributed by atoms with Gasteiger partial charge in [0.25, 0.3) is 0 Å². The van der Waals surface area contributed by atoms with Crippen molar-refractivity contribution in [3.8, 4) is 22.3 Å². The summed E-state index contributed by atoms with van der Waals surface area (Å²) in [6.45, 7) is 4.49. The normalized spacial score (nSPS) is 20.2. The van der Waals surface area contributed by atoms with Crippen molar-refractivity contribution in [2.24, 2.45) is 11.8 Å². The van der Waals surface area contributed by atoms with E-state index in [9.17, 15) is 4.79 Å².